The SMILES string of the molecule is COC(=O)CN(CC#N)C(=O)OC(C)(C)C. The Hall–Kier alpha value is -1.77. The molecule has 0 aliphatic rings. The van der Waals surface area contributed by atoms with Crippen molar-refractivity contribution in [3.05, 3.63) is 0 Å². The van der Waals surface area contributed by atoms with Crippen molar-refractivity contribution in [3.63, 3.8) is 0 Å². The standard InChI is InChI=1S/C10H16N2O4/c1-10(2,3)16-9(14)12(6-5-11)7-8(13)15-4/h6-7H2,1-4H3. The van der Waals surface area contributed by atoms with Crippen molar-refractivity contribution in [1.29, 1.82) is 5.26 Å². The molecule has 0 rings (SSSR count). The Balaban J connectivity index is 4.48. The van der Waals surface area contributed by atoms with Gasteiger partial charge in [-0.25, -0.2) is 4.79 Å². The fourth-order valence-electron chi connectivity index (χ4n) is 0.817. The van der Waals surface area contributed by atoms with Gasteiger partial charge < -0.3 is 9.47 Å². The molecule has 16 heavy (non-hydrogen) atoms. The molecule has 0 atom stereocenters. The Kier molecular flexibility index (Phi) is 5.30. The second-order valence-electron chi connectivity index (χ2n) is 4.07. The van der Waals surface area contributed by atoms with E-state index in [4.69, 9.17) is 10.00 Å². The molecule has 0 radical (unpaired) electrons. The lowest BCUT2D eigenvalue weighted by Gasteiger charge is -2.24. The van der Waals surface area contributed by atoms with Gasteiger partial charge in [-0.2, -0.15) is 5.26 Å². The molecule has 0 aliphatic heterocycles. The van der Waals surface area contributed by atoms with Crippen LogP contribution >= 0.6 is 0 Å². The predicted octanol–water partition coefficient (Wildman–Crippen LogP) is 0.920. The number of nitrogens with zero attached hydrogens (tertiary/aromatic N) is 2. The van der Waals surface area contributed by atoms with Crippen LogP contribution in [0.5, 0.6) is 0 Å². The Morgan fingerprint density at radius 1 is 1.38 bits per heavy atom. The van der Waals surface area contributed by atoms with Gasteiger partial charge in [0.05, 0.1) is 13.2 Å². The van der Waals surface area contributed by atoms with Crippen LogP contribution in [0.3, 0.4) is 0 Å². The van der Waals surface area contributed by atoms with E-state index in [1.807, 2.05) is 0 Å². The van der Waals surface area contributed by atoms with Crippen molar-refractivity contribution in [2.24, 2.45) is 0 Å². The van der Waals surface area contributed by atoms with Crippen molar-refractivity contribution in [2.75, 3.05) is 20.2 Å². The quantitative estimate of drug-likeness (QED) is 0.530. The number of ether oxygens (including phenoxy) is 2. The predicted molar refractivity (Wildman–Crippen MR) is 55.4 cm³/mol. The van der Waals surface area contributed by atoms with Crippen LogP contribution in [0.2, 0.25) is 0 Å². The Labute approximate surface area is 94.7 Å². The minimum absolute atomic E-state index is 0.218. The molecule has 0 unspecified atom stereocenters. The van der Waals surface area contributed by atoms with E-state index in [2.05, 4.69) is 4.74 Å². The second-order valence-corrected chi connectivity index (χ2v) is 4.07. The summed E-state index contributed by atoms with van der Waals surface area (Å²) in [5.74, 6) is -0.596. The largest absolute Gasteiger partial charge is 0.468 e. The molecule has 0 heterocycles. The Morgan fingerprint density at radius 2 is 1.94 bits per heavy atom. The van der Waals surface area contributed by atoms with Gasteiger partial charge in [0.2, 0.25) is 0 Å². The zero-order valence-electron chi connectivity index (χ0n) is 9.94. The summed E-state index contributed by atoms with van der Waals surface area (Å²) < 4.78 is 9.44. The Morgan fingerprint density at radius 3 is 2.31 bits per heavy atom. The molecule has 0 fully saturated rings. The van der Waals surface area contributed by atoms with Gasteiger partial charge in [-0.15, -0.1) is 0 Å². The number of esters is 1. The first-order valence-corrected chi connectivity index (χ1v) is 4.72. The van der Waals surface area contributed by atoms with Gasteiger partial charge in [0.15, 0.2) is 0 Å². The third-order valence-electron chi connectivity index (χ3n) is 1.46. The minimum Gasteiger partial charge on any atom is -0.468 e. The van der Waals surface area contributed by atoms with E-state index >= 15 is 0 Å². The summed E-state index contributed by atoms with van der Waals surface area (Å²) in [5.41, 5.74) is -0.666. The van der Waals surface area contributed by atoms with Gasteiger partial charge in [-0.05, 0) is 20.8 Å². The maximum absolute atomic E-state index is 11.5. The summed E-state index contributed by atoms with van der Waals surface area (Å²) in [7, 11) is 1.21. The van der Waals surface area contributed by atoms with Crippen LogP contribution < -0.4 is 0 Å². The molecule has 0 spiro atoms. The molecule has 6 nitrogen and oxygen atoms in total. The van der Waals surface area contributed by atoms with Crippen LogP contribution in [-0.2, 0) is 14.3 Å². The van der Waals surface area contributed by atoms with Crippen molar-refractivity contribution in [2.45, 2.75) is 26.4 Å². The zero-order valence-corrected chi connectivity index (χ0v) is 9.94. The zero-order chi connectivity index (χ0) is 12.8. The average molecular weight is 228 g/mol. The molecule has 0 aromatic rings. The maximum atomic E-state index is 11.5. The lowest BCUT2D eigenvalue weighted by atomic mass is 10.2. The number of rotatable bonds is 3. The van der Waals surface area contributed by atoms with Gasteiger partial charge in [0, 0.05) is 0 Å². The highest BCUT2D eigenvalue weighted by atomic mass is 16.6. The van der Waals surface area contributed by atoms with Crippen LogP contribution in [0.4, 0.5) is 4.79 Å². The van der Waals surface area contributed by atoms with Crippen LogP contribution in [0.15, 0.2) is 0 Å². The summed E-state index contributed by atoms with van der Waals surface area (Å²) >= 11 is 0. The van der Waals surface area contributed by atoms with Crippen molar-refractivity contribution >= 4 is 12.1 Å². The monoisotopic (exact) mass is 228 g/mol. The molecule has 0 N–H and O–H groups in total. The summed E-state index contributed by atoms with van der Waals surface area (Å²) in [6, 6.07) is 1.78. The lowest BCUT2D eigenvalue weighted by Crippen LogP contribution is -2.40. The van der Waals surface area contributed by atoms with E-state index in [0.717, 1.165) is 4.90 Å². The molecular formula is C10H16N2O4. The maximum Gasteiger partial charge on any atom is 0.411 e. The topological polar surface area (TPSA) is 79.6 Å². The average Bonchev–Trinajstić information content (AvgIpc) is 2.14. The van der Waals surface area contributed by atoms with E-state index in [-0.39, 0.29) is 13.1 Å². The molecule has 0 bridgehead atoms. The van der Waals surface area contributed by atoms with Crippen LogP contribution in [0, 0.1) is 11.3 Å². The van der Waals surface area contributed by atoms with E-state index < -0.39 is 17.7 Å². The summed E-state index contributed by atoms with van der Waals surface area (Å²) in [6.45, 7) is 4.60. The van der Waals surface area contributed by atoms with Gasteiger partial charge in [-0.3, -0.25) is 9.69 Å². The van der Waals surface area contributed by atoms with Crippen LogP contribution in [-0.4, -0.2) is 42.8 Å². The number of carbonyl (C=O) groups is 2. The van der Waals surface area contributed by atoms with E-state index in [9.17, 15) is 9.59 Å². The van der Waals surface area contributed by atoms with Crippen LogP contribution in [0.25, 0.3) is 0 Å². The van der Waals surface area contributed by atoms with Gasteiger partial charge in [0.1, 0.15) is 18.7 Å². The highest BCUT2D eigenvalue weighted by Crippen LogP contribution is 2.09. The first kappa shape index (κ1) is 14.2. The molecule has 0 saturated heterocycles. The van der Waals surface area contributed by atoms with Crippen molar-refractivity contribution in [1.82, 2.24) is 4.90 Å². The van der Waals surface area contributed by atoms with E-state index in [0.29, 0.717) is 0 Å². The third kappa shape index (κ3) is 5.86. The fourth-order valence-corrected chi connectivity index (χ4v) is 0.817. The normalized spacial score (nSPS) is 10.2. The fraction of sp³-hybridized carbons (Fsp3) is 0.700. The first-order valence-electron chi connectivity index (χ1n) is 4.72. The van der Waals surface area contributed by atoms with Gasteiger partial charge >= 0.3 is 12.1 Å². The molecule has 1 amide bonds. The smallest absolute Gasteiger partial charge is 0.411 e. The van der Waals surface area contributed by atoms with E-state index in [1.165, 1.54) is 7.11 Å². The number of carbonyl (C=O) groups excluding carboxylic acids is 2. The molecule has 0 aliphatic carbocycles. The van der Waals surface area contributed by atoms with Crippen molar-refractivity contribution in [3.8, 4) is 6.07 Å². The number of amides is 1. The Bertz CT molecular complexity index is 301. The molecule has 0 aromatic carbocycles. The number of nitriles is 1. The number of hydrogen-bond acceptors (Lipinski definition) is 5. The van der Waals surface area contributed by atoms with Crippen LogP contribution in [0.1, 0.15) is 20.8 Å². The summed E-state index contributed by atoms with van der Waals surface area (Å²) in [5, 5.41) is 8.52. The molecule has 0 aromatic heterocycles. The second kappa shape index (κ2) is 5.95. The highest BCUT2D eigenvalue weighted by Gasteiger charge is 2.23. The third-order valence-corrected chi connectivity index (χ3v) is 1.46. The van der Waals surface area contributed by atoms with Gasteiger partial charge in [0.25, 0.3) is 0 Å². The molecular weight excluding hydrogens is 212 g/mol. The molecule has 90 valence electrons. The summed E-state index contributed by atoms with van der Waals surface area (Å²) in [4.78, 5) is 23.5. The summed E-state index contributed by atoms with van der Waals surface area (Å²) in [6.07, 6.45) is -0.709. The minimum atomic E-state index is -0.709. The number of hydrogen-bond donors (Lipinski definition) is 0. The first-order chi connectivity index (χ1) is 7.30. The number of methoxy groups -OCH3 is 1. The lowest BCUT2D eigenvalue weighted by molar-refractivity contribution is -0.141. The van der Waals surface area contributed by atoms with E-state index in [1.54, 1.807) is 26.8 Å². The van der Waals surface area contributed by atoms with Gasteiger partial charge in [-0.1, -0.05) is 0 Å². The molecule has 6 heteroatoms. The molecule has 0 saturated carbocycles. The highest BCUT2D eigenvalue weighted by molar-refractivity contribution is 5.78. The van der Waals surface area contributed by atoms with Crippen molar-refractivity contribution < 1.29 is 19.1 Å².